The Hall–Kier alpha value is -1.96. The van der Waals surface area contributed by atoms with Gasteiger partial charge in [0.15, 0.2) is 0 Å². The topological polar surface area (TPSA) is 21.3 Å². The molecule has 0 heterocycles. The van der Waals surface area contributed by atoms with Gasteiger partial charge in [0.2, 0.25) is 0 Å². The number of benzene rings is 2. The molecule has 2 heteroatoms. The molecule has 0 bridgehead atoms. The third kappa shape index (κ3) is 4.51. The van der Waals surface area contributed by atoms with E-state index in [4.69, 9.17) is 4.74 Å². The highest BCUT2D eigenvalue weighted by molar-refractivity contribution is 5.66. The van der Waals surface area contributed by atoms with Crippen molar-refractivity contribution in [2.75, 3.05) is 11.9 Å². The third-order valence-electron chi connectivity index (χ3n) is 4.51. The average Bonchev–Trinajstić information content (AvgIpc) is 3.07. The number of anilines is 1. The van der Waals surface area contributed by atoms with Gasteiger partial charge in [-0.3, -0.25) is 0 Å². The Morgan fingerprint density at radius 1 is 0.913 bits per heavy atom. The Labute approximate surface area is 139 Å². The zero-order chi connectivity index (χ0) is 16.1. The van der Waals surface area contributed by atoms with Crippen LogP contribution in [0.4, 0.5) is 5.69 Å². The first kappa shape index (κ1) is 15.9. The monoisotopic (exact) mass is 309 g/mol. The Morgan fingerprint density at radius 2 is 1.48 bits per heavy atom. The van der Waals surface area contributed by atoms with Crippen molar-refractivity contribution in [3.63, 3.8) is 0 Å². The van der Waals surface area contributed by atoms with Crippen LogP contribution in [-0.2, 0) is 0 Å². The number of nitrogens with one attached hydrogen (secondary N) is 1. The fraction of sp³-hybridized carbons (Fsp3) is 0.429. The molecule has 2 aromatic rings. The van der Waals surface area contributed by atoms with Crippen LogP contribution in [0.1, 0.15) is 39.5 Å². The van der Waals surface area contributed by atoms with E-state index in [1.54, 1.807) is 0 Å². The summed E-state index contributed by atoms with van der Waals surface area (Å²) < 4.78 is 5.69. The lowest BCUT2D eigenvalue weighted by Crippen LogP contribution is -2.10. The molecule has 2 aromatic carbocycles. The van der Waals surface area contributed by atoms with Crippen LogP contribution in [0.5, 0.6) is 5.75 Å². The predicted octanol–water partition coefficient (Wildman–Crippen LogP) is 5.74. The molecule has 0 atom stereocenters. The average molecular weight is 309 g/mol. The molecular formula is C21H27NO. The minimum Gasteiger partial charge on any atom is -0.491 e. The van der Waals surface area contributed by atoms with Gasteiger partial charge in [0.25, 0.3) is 0 Å². The fourth-order valence-corrected chi connectivity index (χ4v) is 3.26. The van der Waals surface area contributed by atoms with Crippen LogP contribution in [-0.4, -0.2) is 12.6 Å². The van der Waals surface area contributed by atoms with Crippen LogP contribution in [0.2, 0.25) is 0 Å². The summed E-state index contributed by atoms with van der Waals surface area (Å²) >= 11 is 0. The highest BCUT2D eigenvalue weighted by Gasteiger charge is 2.14. The molecule has 0 radical (unpaired) electrons. The smallest absolute Gasteiger partial charge is 0.119 e. The molecule has 0 unspecified atom stereocenters. The van der Waals surface area contributed by atoms with Gasteiger partial charge in [-0.05, 0) is 68.0 Å². The summed E-state index contributed by atoms with van der Waals surface area (Å²) in [5, 5.41) is 3.58. The zero-order valence-corrected chi connectivity index (χ0v) is 14.2. The quantitative estimate of drug-likeness (QED) is 0.734. The normalized spacial score (nSPS) is 15.1. The summed E-state index contributed by atoms with van der Waals surface area (Å²) in [5.74, 6) is 1.79. The van der Waals surface area contributed by atoms with Gasteiger partial charge >= 0.3 is 0 Å². The molecule has 0 amide bonds. The Morgan fingerprint density at radius 3 is 2.04 bits per heavy atom. The van der Waals surface area contributed by atoms with E-state index < -0.39 is 0 Å². The second-order valence-electron chi connectivity index (χ2n) is 6.80. The molecule has 1 aliphatic rings. The lowest BCUT2D eigenvalue weighted by Gasteiger charge is -2.13. The fourth-order valence-electron chi connectivity index (χ4n) is 3.26. The van der Waals surface area contributed by atoms with E-state index in [0.717, 1.165) is 18.2 Å². The van der Waals surface area contributed by atoms with Crippen molar-refractivity contribution in [1.29, 1.82) is 0 Å². The summed E-state index contributed by atoms with van der Waals surface area (Å²) in [6.07, 6.45) is 5.79. The van der Waals surface area contributed by atoms with Crippen LogP contribution < -0.4 is 10.1 Å². The number of ether oxygens (including phenoxy) is 1. The lowest BCUT2D eigenvalue weighted by molar-refractivity contribution is 0.242. The minimum absolute atomic E-state index is 0.214. The molecule has 1 saturated carbocycles. The Kier molecular flexibility index (Phi) is 5.22. The second-order valence-corrected chi connectivity index (χ2v) is 6.80. The third-order valence-corrected chi connectivity index (χ3v) is 4.51. The van der Waals surface area contributed by atoms with Crippen LogP contribution in [0.25, 0.3) is 11.1 Å². The molecule has 122 valence electrons. The first-order valence-electron chi connectivity index (χ1n) is 8.82. The molecule has 0 spiro atoms. The van der Waals surface area contributed by atoms with Crippen LogP contribution in [0, 0.1) is 5.92 Å². The summed E-state index contributed by atoms with van der Waals surface area (Å²) in [6.45, 7) is 5.21. The lowest BCUT2D eigenvalue weighted by atomic mass is 10.0. The van der Waals surface area contributed by atoms with Crippen molar-refractivity contribution >= 4 is 5.69 Å². The molecule has 0 aliphatic heterocycles. The summed E-state index contributed by atoms with van der Waals surface area (Å²) in [4.78, 5) is 0. The van der Waals surface area contributed by atoms with Crippen molar-refractivity contribution in [2.45, 2.75) is 45.6 Å². The van der Waals surface area contributed by atoms with Gasteiger partial charge in [0.1, 0.15) is 5.75 Å². The first-order valence-corrected chi connectivity index (χ1v) is 8.82. The summed E-state index contributed by atoms with van der Waals surface area (Å²) in [7, 11) is 0. The van der Waals surface area contributed by atoms with E-state index in [9.17, 15) is 0 Å². The van der Waals surface area contributed by atoms with Crippen LogP contribution in [0.15, 0.2) is 48.5 Å². The predicted molar refractivity (Wildman–Crippen MR) is 98.1 cm³/mol. The molecule has 1 N–H and O–H groups in total. The Balaban J connectivity index is 1.59. The Bertz CT molecular complexity index is 595. The minimum atomic E-state index is 0.214. The van der Waals surface area contributed by atoms with E-state index >= 15 is 0 Å². The standard InChI is InChI=1S/C21H27NO/c1-16(2)23-21-13-9-19(10-14-21)18-7-11-20(12-8-18)22-15-17-5-3-4-6-17/h7-14,16-17,22H,3-6,15H2,1-2H3. The van der Waals surface area contributed by atoms with E-state index in [2.05, 4.69) is 41.7 Å². The van der Waals surface area contributed by atoms with E-state index in [1.165, 1.54) is 42.5 Å². The summed E-state index contributed by atoms with van der Waals surface area (Å²) in [5.41, 5.74) is 3.69. The number of hydrogen-bond donors (Lipinski definition) is 1. The summed E-state index contributed by atoms with van der Waals surface area (Å²) in [6, 6.07) is 17.1. The molecule has 1 fully saturated rings. The zero-order valence-electron chi connectivity index (χ0n) is 14.2. The van der Waals surface area contributed by atoms with Crippen LogP contribution in [0.3, 0.4) is 0 Å². The van der Waals surface area contributed by atoms with Crippen molar-refractivity contribution in [2.24, 2.45) is 5.92 Å². The maximum Gasteiger partial charge on any atom is 0.119 e. The molecule has 3 rings (SSSR count). The van der Waals surface area contributed by atoms with E-state index in [1.807, 2.05) is 26.0 Å². The van der Waals surface area contributed by atoms with Crippen molar-refractivity contribution in [3.05, 3.63) is 48.5 Å². The SMILES string of the molecule is CC(C)Oc1ccc(-c2ccc(NCC3CCCC3)cc2)cc1. The first-order chi connectivity index (χ1) is 11.2. The van der Waals surface area contributed by atoms with Crippen LogP contribution >= 0.6 is 0 Å². The van der Waals surface area contributed by atoms with Gasteiger partial charge in [0, 0.05) is 12.2 Å². The van der Waals surface area contributed by atoms with Gasteiger partial charge in [-0.25, -0.2) is 0 Å². The molecule has 0 saturated heterocycles. The van der Waals surface area contributed by atoms with E-state index in [0.29, 0.717) is 0 Å². The van der Waals surface area contributed by atoms with Gasteiger partial charge < -0.3 is 10.1 Å². The van der Waals surface area contributed by atoms with Crippen molar-refractivity contribution < 1.29 is 4.74 Å². The van der Waals surface area contributed by atoms with Gasteiger partial charge in [-0.2, -0.15) is 0 Å². The molecule has 1 aliphatic carbocycles. The highest BCUT2D eigenvalue weighted by atomic mass is 16.5. The second kappa shape index (κ2) is 7.54. The van der Waals surface area contributed by atoms with Crippen molar-refractivity contribution in [1.82, 2.24) is 0 Å². The number of rotatable bonds is 6. The number of hydrogen-bond acceptors (Lipinski definition) is 2. The maximum absolute atomic E-state index is 5.69. The van der Waals surface area contributed by atoms with Crippen molar-refractivity contribution in [3.8, 4) is 16.9 Å². The van der Waals surface area contributed by atoms with Gasteiger partial charge in [-0.1, -0.05) is 37.1 Å². The molecule has 0 aromatic heterocycles. The maximum atomic E-state index is 5.69. The molecule has 2 nitrogen and oxygen atoms in total. The van der Waals surface area contributed by atoms with E-state index in [-0.39, 0.29) is 6.10 Å². The van der Waals surface area contributed by atoms with Gasteiger partial charge in [0.05, 0.1) is 6.10 Å². The largest absolute Gasteiger partial charge is 0.491 e. The highest BCUT2D eigenvalue weighted by Crippen LogP contribution is 2.27. The molecule has 23 heavy (non-hydrogen) atoms. The van der Waals surface area contributed by atoms with Gasteiger partial charge in [-0.15, -0.1) is 0 Å². The molecular weight excluding hydrogens is 282 g/mol.